The largest absolute Gasteiger partial charge is 0.367 e. The minimum Gasteiger partial charge on any atom is -0.367 e. The molecule has 1 atom stereocenters. The Morgan fingerprint density at radius 1 is 0.867 bits per heavy atom. The van der Waals surface area contributed by atoms with Crippen LogP contribution in [0.25, 0.3) is 0 Å². The first-order valence-electron chi connectivity index (χ1n) is 6.84. The fourth-order valence-electron chi connectivity index (χ4n) is 2.20. The quantitative estimate of drug-likeness (QED) is 0.399. The van der Waals surface area contributed by atoms with Gasteiger partial charge in [0.05, 0.1) is 11.7 Å². The molecule has 1 rings (SSSR count). The van der Waals surface area contributed by atoms with Gasteiger partial charge in [-0.1, -0.05) is 58.3 Å². The van der Waals surface area contributed by atoms with Crippen LogP contribution in [0.3, 0.4) is 0 Å². The molecule has 0 aromatic carbocycles. The third-order valence-electron chi connectivity index (χ3n) is 3.48. The summed E-state index contributed by atoms with van der Waals surface area (Å²) in [5.41, 5.74) is 0.209. The van der Waals surface area contributed by atoms with E-state index in [1.807, 2.05) is 0 Å². The van der Waals surface area contributed by atoms with Crippen LogP contribution in [0.5, 0.6) is 0 Å². The van der Waals surface area contributed by atoms with Crippen molar-refractivity contribution in [3.8, 4) is 0 Å². The molecule has 0 aliphatic carbocycles. The first-order chi connectivity index (χ1) is 7.17. The monoisotopic (exact) mass is 212 g/mol. The van der Waals surface area contributed by atoms with Crippen molar-refractivity contribution in [3.63, 3.8) is 0 Å². The number of ether oxygens (including phenoxy) is 1. The Morgan fingerprint density at radius 3 is 1.80 bits per heavy atom. The Morgan fingerprint density at radius 2 is 1.33 bits per heavy atom. The van der Waals surface area contributed by atoms with Gasteiger partial charge >= 0.3 is 0 Å². The summed E-state index contributed by atoms with van der Waals surface area (Å²) in [5.74, 6) is 0. The van der Waals surface area contributed by atoms with E-state index in [9.17, 15) is 0 Å². The van der Waals surface area contributed by atoms with E-state index in [0.29, 0.717) is 6.10 Å². The van der Waals surface area contributed by atoms with Gasteiger partial charge in [0.25, 0.3) is 0 Å². The molecule has 0 aromatic heterocycles. The van der Waals surface area contributed by atoms with Crippen LogP contribution >= 0.6 is 0 Å². The maximum Gasteiger partial charge on any atom is 0.0892 e. The predicted molar refractivity (Wildman–Crippen MR) is 66.2 cm³/mol. The summed E-state index contributed by atoms with van der Waals surface area (Å²) < 4.78 is 5.56. The molecule has 0 spiro atoms. The molecule has 0 amide bonds. The molecule has 15 heavy (non-hydrogen) atoms. The SMILES string of the molecule is CCCCCCCCCC[C@H]1OC1(C)C. The van der Waals surface area contributed by atoms with Crippen LogP contribution in [-0.4, -0.2) is 11.7 Å². The van der Waals surface area contributed by atoms with Crippen molar-refractivity contribution in [2.45, 2.75) is 90.3 Å². The number of rotatable bonds is 9. The van der Waals surface area contributed by atoms with Crippen molar-refractivity contribution < 1.29 is 4.74 Å². The van der Waals surface area contributed by atoms with Gasteiger partial charge in [-0.3, -0.25) is 0 Å². The molecule has 1 aliphatic heterocycles. The topological polar surface area (TPSA) is 12.5 Å². The lowest BCUT2D eigenvalue weighted by atomic mass is 10.0. The number of unbranched alkanes of at least 4 members (excludes halogenated alkanes) is 7. The molecule has 0 N–H and O–H groups in total. The Hall–Kier alpha value is -0.0400. The average Bonchev–Trinajstić information content (AvgIpc) is 2.79. The Kier molecular flexibility index (Phi) is 5.66. The zero-order valence-electron chi connectivity index (χ0n) is 10.8. The second kappa shape index (κ2) is 6.52. The van der Waals surface area contributed by atoms with Gasteiger partial charge < -0.3 is 4.74 Å². The first kappa shape index (κ1) is 13.0. The van der Waals surface area contributed by atoms with Gasteiger partial charge in [0.1, 0.15) is 0 Å². The molecular weight excluding hydrogens is 184 g/mol. The molecule has 1 fully saturated rings. The van der Waals surface area contributed by atoms with Crippen LogP contribution in [0.2, 0.25) is 0 Å². The zero-order valence-corrected chi connectivity index (χ0v) is 10.8. The summed E-state index contributed by atoms with van der Waals surface area (Å²) in [6, 6.07) is 0. The van der Waals surface area contributed by atoms with Gasteiger partial charge in [-0.05, 0) is 20.3 Å². The molecule has 90 valence electrons. The van der Waals surface area contributed by atoms with E-state index >= 15 is 0 Å². The third-order valence-corrected chi connectivity index (χ3v) is 3.48. The highest BCUT2D eigenvalue weighted by Crippen LogP contribution is 2.38. The number of hydrogen-bond donors (Lipinski definition) is 0. The molecule has 1 heterocycles. The van der Waals surface area contributed by atoms with Crippen LogP contribution in [0.4, 0.5) is 0 Å². The highest BCUT2D eigenvalue weighted by Gasteiger charge is 2.46. The van der Waals surface area contributed by atoms with Crippen molar-refractivity contribution in [3.05, 3.63) is 0 Å². The van der Waals surface area contributed by atoms with Crippen LogP contribution in [0.15, 0.2) is 0 Å². The lowest BCUT2D eigenvalue weighted by Gasteiger charge is -2.01. The Balaban J connectivity index is 1.74. The van der Waals surface area contributed by atoms with Crippen molar-refractivity contribution in [2.24, 2.45) is 0 Å². The Bertz CT molecular complexity index is 163. The lowest BCUT2D eigenvalue weighted by Crippen LogP contribution is -2.02. The van der Waals surface area contributed by atoms with Crippen molar-refractivity contribution in [1.82, 2.24) is 0 Å². The molecule has 0 aromatic rings. The molecular formula is C14H28O. The van der Waals surface area contributed by atoms with Crippen LogP contribution < -0.4 is 0 Å². The fourth-order valence-corrected chi connectivity index (χ4v) is 2.20. The van der Waals surface area contributed by atoms with Crippen LogP contribution in [0, 0.1) is 0 Å². The summed E-state index contributed by atoms with van der Waals surface area (Å²) in [6.07, 6.45) is 13.1. The van der Waals surface area contributed by atoms with E-state index in [-0.39, 0.29) is 5.60 Å². The minimum atomic E-state index is 0.209. The summed E-state index contributed by atoms with van der Waals surface area (Å²) in [6.45, 7) is 6.67. The summed E-state index contributed by atoms with van der Waals surface area (Å²) >= 11 is 0. The van der Waals surface area contributed by atoms with Gasteiger partial charge in [0.2, 0.25) is 0 Å². The second-order valence-corrected chi connectivity index (χ2v) is 5.47. The van der Waals surface area contributed by atoms with Gasteiger partial charge in [-0.25, -0.2) is 0 Å². The van der Waals surface area contributed by atoms with Gasteiger partial charge in [0.15, 0.2) is 0 Å². The molecule has 1 saturated heterocycles. The van der Waals surface area contributed by atoms with E-state index in [1.165, 1.54) is 57.8 Å². The standard InChI is InChI=1S/C14H28O/c1-4-5-6-7-8-9-10-11-12-13-14(2,3)15-13/h13H,4-12H2,1-3H3/t13-/m1/s1. The molecule has 1 heteroatoms. The number of epoxide rings is 1. The molecule has 0 saturated carbocycles. The summed E-state index contributed by atoms with van der Waals surface area (Å²) in [5, 5.41) is 0. The fraction of sp³-hybridized carbons (Fsp3) is 1.00. The van der Waals surface area contributed by atoms with Gasteiger partial charge in [0, 0.05) is 0 Å². The molecule has 0 bridgehead atoms. The highest BCUT2D eigenvalue weighted by molar-refractivity contribution is 4.94. The lowest BCUT2D eigenvalue weighted by molar-refractivity contribution is 0.317. The molecule has 0 unspecified atom stereocenters. The highest BCUT2D eigenvalue weighted by atomic mass is 16.6. The minimum absolute atomic E-state index is 0.209. The van der Waals surface area contributed by atoms with E-state index in [0.717, 1.165) is 0 Å². The van der Waals surface area contributed by atoms with Crippen LogP contribution in [0.1, 0.15) is 78.6 Å². The average molecular weight is 212 g/mol. The smallest absolute Gasteiger partial charge is 0.0892 e. The van der Waals surface area contributed by atoms with Crippen molar-refractivity contribution in [2.75, 3.05) is 0 Å². The first-order valence-corrected chi connectivity index (χ1v) is 6.84. The van der Waals surface area contributed by atoms with E-state index in [1.54, 1.807) is 0 Å². The summed E-state index contributed by atoms with van der Waals surface area (Å²) in [7, 11) is 0. The van der Waals surface area contributed by atoms with E-state index in [4.69, 9.17) is 4.74 Å². The van der Waals surface area contributed by atoms with E-state index in [2.05, 4.69) is 20.8 Å². The predicted octanol–water partition coefficient (Wildman–Crippen LogP) is 4.69. The van der Waals surface area contributed by atoms with Gasteiger partial charge in [-0.15, -0.1) is 0 Å². The zero-order chi connectivity index (χ0) is 11.1. The van der Waals surface area contributed by atoms with Crippen LogP contribution in [-0.2, 0) is 4.74 Å². The second-order valence-electron chi connectivity index (χ2n) is 5.47. The third kappa shape index (κ3) is 5.55. The maximum atomic E-state index is 5.56. The maximum absolute atomic E-state index is 5.56. The van der Waals surface area contributed by atoms with Crippen molar-refractivity contribution >= 4 is 0 Å². The Labute approximate surface area is 95.6 Å². The van der Waals surface area contributed by atoms with Gasteiger partial charge in [-0.2, -0.15) is 0 Å². The molecule has 1 aliphatic rings. The molecule has 1 nitrogen and oxygen atoms in total. The van der Waals surface area contributed by atoms with Crippen molar-refractivity contribution in [1.29, 1.82) is 0 Å². The number of hydrogen-bond acceptors (Lipinski definition) is 1. The molecule has 0 radical (unpaired) electrons. The van der Waals surface area contributed by atoms with E-state index < -0.39 is 0 Å². The normalized spacial score (nSPS) is 23.0. The summed E-state index contributed by atoms with van der Waals surface area (Å²) in [4.78, 5) is 0.